The summed E-state index contributed by atoms with van der Waals surface area (Å²) < 4.78 is 26.9. The Hall–Kier alpha value is -0.620. The van der Waals surface area contributed by atoms with E-state index in [-0.39, 0.29) is 17.5 Å². The van der Waals surface area contributed by atoms with Gasteiger partial charge >= 0.3 is 0 Å². The summed E-state index contributed by atoms with van der Waals surface area (Å²) in [5, 5.41) is 9.15. The summed E-state index contributed by atoms with van der Waals surface area (Å²) in [4.78, 5) is 0.200. The summed E-state index contributed by atoms with van der Waals surface area (Å²) >= 11 is 5.91. The van der Waals surface area contributed by atoms with Crippen LogP contribution in [0.3, 0.4) is 0 Å². The summed E-state index contributed by atoms with van der Waals surface area (Å²) in [6.45, 7) is 3.50. The number of benzene rings is 1. The first-order valence-corrected chi connectivity index (χ1v) is 7.63. The average Bonchev–Trinajstić information content (AvgIpc) is 2.29. The third-order valence-electron chi connectivity index (χ3n) is 2.66. The van der Waals surface area contributed by atoms with E-state index in [9.17, 15) is 8.42 Å². The number of sulfonamides is 1. The first-order valence-electron chi connectivity index (χ1n) is 5.77. The van der Waals surface area contributed by atoms with Gasteiger partial charge in [0.15, 0.2) is 0 Å². The van der Waals surface area contributed by atoms with E-state index < -0.39 is 10.0 Å². The van der Waals surface area contributed by atoms with Crippen molar-refractivity contribution in [2.45, 2.75) is 37.6 Å². The summed E-state index contributed by atoms with van der Waals surface area (Å²) in [6, 6.07) is 4.58. The van der Waals surface area contributed by atoms with Gasteiger partial charge in [-0.15, -0.1) is 0 Å². The molecule has 0 saturated heterocycles. The van der Waals surface area contributed by atoms with E-state index >= 15 is 0 Å². The highest BCUT2D eigenvalue weighted by Gasteiger charge is 2.20. The van der Waals surface area contributed by atoms with E-state index in [0.717, 1.165) is 0 Å². The number of hydrogen-bond donors (Lipinski definition) is 2. The zero-order chi connectivity index (χ0) is 13.8. The van der Waals surface area contributed by atoms with Crippen LogP contribution in [-0.4, -0.2) is 26.2 Å². The zero-order valence-corrected chi connectivity index (χ0v) is 12.1. The van der Waals surface area contributed by atoms with Gasteiger partial charge in [0.2, 0.25) is 10.0 Å². The fourth-order valence-electron chi connectivity index (χ4n) is 1.66. The van der Waals surface area contributed by atoms with Crippen molar-refractivity contribution in [2.75, 3.05) is 6.61 Å². The molecule has 4 nitrogen and oxygen atoms in total. The Morgan fingerprint density at radius 1 is 1.44 bits per heavy atom. The molecule has 1 aromatic rings. The maximum absolute atomic E-state index is 12.1. The highest BCUT2D eigenvalue weighted by molar-refractivity contribution is 7.89. The smallest absolute Gasteiger partial charge is 0.241 e. The molecule has 0 bridgehead atoms. The molecule has 102 valence electrons. The van der Waals surface area contributed by atoms with Crippen molar-refractivity contribution in [3.05, 3.63) is 28.8 Å². The van der Waals surface area contributed by atoms with Crippen LogP contribution in [0.15, 0.2) is 23.1 Å². The maximum atomic E-state index is 12.1. The molecule has 0 radical (unpaired) electrons. The Morgan fingerprint density at radius 2 is 2.11 bits per heavy atom. The summed E-state index contributed by atoms with van der Waals surface area (Å²) in [5.74, 6) is 0. The van der Waals surface area contributed by atoms with Gasteiger partial charge in [-0.2, -0.15) is 0 Å². The lowest BCUT2D eigenvalue weighted by Crippen LogP contribution is -2.33. The molecule has 1 atom stereocenters. The van der Waals surface area contributed by atoms with Crippen molar-refractivity contribution in [1.29, 1.82) is 0 Å². The number of nitrogens with one attached hydrogen (secondary N) is 1. The molecule has 2 N–H and O–H groups in total. The van der Waals surface area contributed by atoms with E-state index in [4.69, 9.17) is 16.7 Å². The van der Waals surface area contributed by atoms with Gasteiger partial charge in [0.05, 0.1) is 4.90 Å². The molecule has 0 amide bonds. The number of halogens is 1. The predicted molar refractivity (Wildman–Crippen MR) is 72.3 cm³/mol. The largest absolute Gasteiger partial charge is 0.396 e. The van der Waals surface area contributed by atoms with Crippen LogP contribution >= 0.6 is 11.6 Å². The molecule has 0 spiro atoms. The molecule has 0 aliphatic carbocycles. The minimum atomic E-state index is -3.56. The summed E-state index contributed by atoms with van der Waals surface area (Å²) in [7, 11) is -3.56. The SMILES string of the molecule is Cc1c(Cl)cccc1S(=O)(=O)NC(C)CCCO. The lowest BCUT2D eigenvalue weighted by molar-refractivity contribution is 0.279. The Morgan fingerprint density at radius 3 is 2.72 bits per heavy atom. The predicted octanol–water partition coefficient (Wildman–Crippen LogP) is 2.09. The van der Waals surface area contributed by atoms with Gasteiger partial charge in [-0.3, -0.25) is 0 Å². The van der Waals surface area contributed by atoms with Crippen molar-refractivity contribution in [1.82, 2.24) is 4.72 Å². The number of aliphatic hydroxyl groups is 1. The summed E-state index contributed by atoms with van der Waals surface area (Å²) in [6.07, 6.45) is 1.16. The van der Waals surface area contributed by atoms with Gasteiger partial charge in [-0.05, 0) is 44.4 Å². The Labute approximate surface area is 113 Å². The molecular formula is C12H18ClNO3S. The second-order valence-electron chi connectivity index (χ2n) is 4.25. The van der Waals surface area contributed by atoms with Gasteiger partial charge in [-0.25, -0.2) is 13.1 Å². The van der Waals surface area contributed by atoms with Crippen molar-refractivity contribution in [3.63, 3.8) is 0 Å². The molecule has 18 heavy (non-hydrogen) atoms. The van der Waals surface area contributed by atoms with E-state index in [0.29, 0.717) is 23.4 Å². The second-order valence-corrected chi connectivity index (χ2v) is 6.34. The standard InChI is InChI=1S/C12H18ClNO3S/c1-9(5-4-8-15)14-18(16,17)12-7-3-6-11(13)10(12)2/h3,6-7,9,14-15H,4-5,8H2,1-2H3. The van der Waals surface area contributed by atoms with E-state index in [1.54, 1.807) is 26.0 Å². The highest BCUT2D eigenvalue weighted by atomic mass is 35.5. The lowest BCUT2D eigenvalue weighted by atomic mass is 10.2. The Bertz CT molecular complexity index is 502. The molecule has 0 aromatic heterocycles. The average molecular weight is 292 g/mol. The lowest BCUT2D eigenvalue weighted by Gasteiger charge is -2.15. The van der Waals surface area contributed by atoms with Crippen molar-refractivity contribution in [2.24, 2.45) is 0 Å². The minimum Gasteiger partial charge on any atom is -0.396 e. The first-order chi connectivity index (χ1) is 8.38. The minimum absolute atomic E-state index is 0.0578. The fourth-order valence-corrected chi connectivity index (χ4v) is 3.44. The molecule has 1 aromatic carbocycles. The van der Waals surface area contributed by atoms with Gasteiger partial charge in [0.1, 0.15) is 0 Å². The Kier molecular flexibility index (Phi) is 5.59. The monoisotopic (exact) mass is 291 g/mol. The van der Waals surface area contributed by atoms with Crippen molar-refractivity contribution < 1.29 is 13.5 Å². The summed E-state index contributed by atoms with van der Waals surface area (Å²) in [5.41, 5.74) is 0.543. The van der Waals surface area contributed by atoms with Gasteiger partial charge in [0, 0.05) is 17.7 Å². The fraction of sp³-hybridized carbons (Fsp3) is 0.500. The van der Waals surface area contributed by atoms with Gasteiger partial charge in [-0.1, -0.05) is 17.7 Å². The maximum Gasteiger partial charge on any atom is 0.241 e. The third-order valence-corrected chi connectivity index (χ3v) is 4.80. The molecule has 6 heteroatoms. The van der Waals surface area contributed by atoms with Crippen molar-refractivity contribution >= 4 is 21.6 Å². The highest BCUT2D eigenvalue weighted by Crippen LogP contribution is 2.22. The zero-order valence-electron chi connectivity index (χ0n) is 10.5. The van der Waals surface area contributed by atoms with Crippen LogP contribution in [0.2, 0.25) is 5.02 Å². The molecular weight excluding hydrogens is 274 g/mol. The normalized spacial score (nSPS) is 13.6. The van der Waals surface area contributed by atoms with Crippen LogP contribution in [0.25, 0.3) is 0 Å². The van der Waals surface area contributed by atoms with E-state index in [2.05, 4.69) is 4.72 Å². The van der Waals surface area contributed by atoms with E-state index in [1.165, 1.54) is 6.07 Å². The van der Waals surface area contributed by atoms with Crippen LogP contribution in [0.1, 0.15) is 25.3 Å². The van der Waals surface area contributed by atoms with Crippen LogP contribution in [-0.2, 0) is 10.0 Å². The Balaban J connectivity index is 2.90. The third kappa shape index (κ3) is 3.95. The van der Waals surface area contributed by atoms with Crippen LogP contribution < -0.4 is 4.72 Å². The quantitative estimate of drug-likeness (QED) is 0.843. The topological polar surface area (TPSA) is 66.4 Å². The second kappa shape index (κ2) is 6.52. The number of hydrogen-bond acceptors (Lipinski definition) is 3. The first kappa shape index (κ1) is 15.4. The van der Waals surface area contributed by atoms with Crippen LogP contribution in [0.4, 0.5) is 0 Å². The van der Waals surface area contributed by atoms with Crippen LogP contribution in [0.5, 0.6) is 0 Å². The van der Waals surface area contributed by atoms with Gasteiger partial charge < -0.3 is 5.11 Å². The molecule has 0 heterocycles. The molecule has 1 rings (SSSR count). The molecule has 0 aliphatic heterocycles. The molecule has 0 aliphatic rings. The van der Waals surface area contributed by atoms with Crippen molar-refractivity contribution in [3.8, 4) is 0 Å². The number of rotatable bonds is 6. The molecule has 1 unspecified atom stereocenters. The van der Waals surface area contributed by atoms with Crippen LogP contribution in [0, 0.1) is 6.92 Å². The van der Waals surface area contributed by atoms with E-state index in [1.807, 2.05) is 0 Å². The molecule has 0 saturated carbocycles. The van der Waals surface area contributed by atoms with Gasteiger partial charge in [0.25, 0.3) is 0 Å². The number of aliphatic hydroxyl groups excluding tert-OH is 1. The molecule has 0 fully saturated rings.